The lowest BCUT2D eigenvalue weighted by molar-refractivity contribution is -0.165. The first kappa shape index (κ1) is 16.0. The van der Waals surface area contributed by atoms with Crippen molar-refractivity contribution in [3.05, 3.63) is 12.2 Å². The third-order valence-electron chi connectivity index (χ3n) is 2.20. The second-order valence-corrected chi connectivity index (χ2v) is 3.64. The molecule has 3 atom stereocenters. The van der Waals surface area contributed by atoms with Crippen molar-refractivity contribution in [1.29, 1.82) is 0 Å². The van der Waals surface area contributed by atoms with E-state index in [2.05, 4.69) is 0 Å². The van der Waals surface area contributed by atoms with Crippen LogP contribution in [0.5, 0.6) is 0 Å². The summed E-state index contributed by atoms with van der Waals surface area (Å²) >= 11 is 0. The van der Waals surface area contributed by atoms with E-state index in [4.69, 9.17) is 10.8 Å². The van der Waals surface area contributed by atoms with Crippen LogP contribution in [0, 0.1) is 0 Å². The summed E-state index contributed by atoms with van der Waals surface area (Å²) in [6.07, 6.45) is -2.34. The molecule has 0 bridgehead atoms. The maximum absolute atomic E-state index is 13.3. The summed E-state index contributed by atoms with van der Waals surface area (Å²) in [7, 11) is 0. The predicted octanol–water partition coefficient (Wildman–Crippen LogP) is 0.112. The molecule has 0 amide bonds. The molecule has 0 saturated carbocycles. The van der Waals surface area contributed by atoms with Gasteiger partial charge in [-0.1, -0.05) is 19.1 Å². The van der Waals surface area contributed by atoms with Gasteiger partial charge in [0.05, 0.1) is 0 Å². The lowest BCUT2D eigenvalue weighted by Gasteiger charge is -2.27. The summed E-state index contributed by atoms with van der Waals surface area (Å²) in [5.74, 6) is -5.28. The number of aliphatic hydroxyl groups excluding tert-OH is 2. The number of hydrogen-bond donors (Lipinski definition) is 4. The van der Waals surface area contributed by atoms with Gasteiger partial charge in [-0.15, -0.1) is 0 Å². The number of halogens is 2. The van der Waals surface area contributed by atoms with Gasteiger partial charge < -0.3 is 21.1 Å². The Hall–Kier alpha value is -1.05. The minimum absolute atomic E-state index is 0.559. The Morgan fingerprint density at radius 2 is 1.94 bits per heavy atom. The molecule has 5 N–H and O–H groups in total. The Labute approximate surface area is 97.5 Å². The molecule has 0 aromatic carbocycles. The van der Waals surface area contributed by atoms with E-state index in [-0.39, 0.29) is 0 Å². The molecule has 100 valence electrons. The van der Waals surface area contributed by atoms with E-state index < -0.39 is 36.6 Å². The van der Waals surface area contributed by atoms with Crippen LogP contribution in [0.15, 0.2) is 12.2 Å². The van der Waals surface area contributed by atoms with Gasteiger partial charge in [0.15, 0.2) is 0 Å². The molecule has 0 aliphatic carbocycles. The van der Waals surface area contributed by atoms with Crippen LogP contribution >= 0.6 is 0 Å². The minimum atomic E-state index is -3.63. The molecule has 0 spiro atoms. The molecule has 0 fully saturated rings. The van der Waals surface area contributed by atoms with Crippen LogP contribution in [0.1, 0.15) is 19.8 Å². The van der Waals surface area contributed by atoms with E-state index in [0.29, 0.717) is 6.42 Å². The molecule has 5 nitrogen and oxygen atoms in total. The number of alkyl halides is 2. The molecule has 3 unspecified atom stereocenters. The van der Waals surface area contributed by atoms with Gasteiger partial charge in [0.25, 0.3) is 5.92 Å². The molecule has 0 rings (SSSR count). The highest BCUT2D eigenvalue weighted by atomic mass is 19.3. The van der Waals surface area contributed by atoms with Gasteiger partial charge >= 0.3 is 5.97 Å². The van der Waals surface area contributed by atoms with Crippen molar-refractivity contribution in [2.75, 3.05) is 0 Å². The Bertz CT molecular complexity index is 283. The predicted molar refractivity (Wildman–Crippen MR) is 56.6 cm³/mol. The number of allylic oxidation sites excluding steroid dienone is 2. The molecule has 17 heavy (non-hydrogen) atoms. The number of carbonyl (C=O) groups is 1. The average molecular weight is 253 g/mol. The van der Waals surface area contributed by atoms with E-state index in [1.807, 2.05) is 0 Å². The second kappa shape index (κ2) is 6.63. The smallest absolute Gasteiger partial charge is 0.323 e. The molecule has 0 aromatic heterocycles. The van der Waals surface area contributed by atoms with E-state index >= 15 is 0 Å². The summed E-state index contributed by atoms with van der Waals surface area (Å²) in [6, 6.07) is -1.95. The monoisotopic (exact) mass is 253 g/mol. The van der Waals surface area contributed by atoms with E-state index in [9.17, 15) is 23.8 Å². The summed E-state index contributed by atoms with van der Waals surface area (Å²) in [5, 5.41) is 26.8. The third kappa shape index (κ3) is 4.76. The van der Waals surface area contributed by atoms with Gasteiger partial charge in [-0.05, 0) is 6.42 Å². The zero-order valence-corrected chi connectivity index (χ0v) is 9.38. The average Bonchev–Trinajstić information content (AvgIpc) is 2.26. The fourth-order valence-electron chi connectivity index (χ4n) is 1.12. The highest BCUT2D eigenvalue weighted by molar-refractivity contribution is 5.74. The van der Waals surface area contributed by atoms with Crippen molar-refractivity contribution in [1.82, 2.24) is 0 Å². The SMILES string of the molecule is CC/C=C/CC(F)(F)C(O)C(O)C(N)C(=O)O. The molecule has 0 radical (unpaired) electrons. The third-order valence-corrected chi connectivity index (χ3v) is 2.20. The highest BCUT2D eigenvalue weighted by Gasteiger charge is 2.45. The minimum Gasteiger partial charge on any atom is -0.480 e. The first-order valence-corrected chi connectivity index (χ1v) is 5.11. The van der Waals surface area contributed by atoms with Gasteiger partial charge in [-0.25, -0.2) is 8.78 Å². The zero-order chi connectivity index (χ0) is 13.6. The van der Waals surface area contributed by atoms with Crippen LogP contribution in [-0.4, -0.2) is 45.5 Å². The second-order valence-electron chi connectivity index (χ2n) is 3.64. The summed E-state index contributed by atoms with van der Waals surface area (Å²) in [4.78, 5) is 10.4. The molecular weight excluding hydrogens is 236 g/mol. The quantitative estimate of drug-likeness (QED) is 0.482. The fraction of sp³-hybridized carbons (Fsp3) is 0.700. The van der Waals surface area contributed by atoms with Crippen molar-refractivity contribution in [3.63, 3.8) is 0 Å². The topological polar surface area (TPSA) is 104 Å². The molecular formula is C10H17F2NO4. The number of hydrogen-bond acceptors (Lipinski definition) is 4. The van der Waals surface area contributed by atoms with Crippen LogP contribution in [-0.2, 0) is 4.79 Å². The van der Waals surface area contributed by atoms with Crippen LogP contribution < -0.4 is 5.73 Å². The number of carboxylic acids is 1. The van der Waals surface area contributed by atoms with Crippen LogP contribution in [0.3, 0.4) is 0 Å². The van der Waals surface area contributed by atoms with Gasteiger partial charge in [-0.3, -0.25) is 4.79 Å². The van der Waals surface area contributed by atoms with Crippen molar-refractivity contribution in [2.45, 2.75) is 43.9 Å². The van der Waals surface area contributed by atoms with Gasteiger partial charge in [0, 0.05) is 6.42 Å². The Balaban J connectivity index is 4.60. The molecule has 0 aliphatic heterocycles. The molecule has 0 aromatic rings. The normalized spacial score (nSPS) is 18.0. The molecule has 0 saturated heterocycles. The maximum Gasteiger partial charge on any atom is 0.323 e. The molecule has 0 aliphatic rings. The largest absolute Gasteiger partial charge is 0.480 e. The summed E-state index contributed by atoms with van der Waals surface area (Å²) < 4.78 is 26.6. The van der Waals surface area contributed by atoms with Gasteiger partial charge in [0.1, 0.15) is 18.2 Å². The van der Waals surface area contributed by atoms with Crippen molar-refractivity contribution >= 4 is 5.97 Å². The fourth-order valence-corrected chi connectivity index (χ4v) is 1.12. The molecule has 7 heteroatoms. The number of carboxylic acid groups (broad SMARTS) is 1. The number of aliphatic hydroxyl groups is 2. The summed E-state index contributed by atoms with van der Waals surface area (Å²) in [5.41, 5.74) is 4.95. The number of rotatable bonds is 7. The lowest BCUT2D eigenvalue weighted by atomic mass is 9.98. The maximum atomic E-state index is 13.3. The van der Waals surface area contributed by atoms with E-state index in [0.717, 1.165) is 6.08 Å². The Morgan fingerprint density at radius 1 is 1.41 bits per heavy atom. The zero-order valence-electron chi connectivity index (χ0n) is 9.38. The van der Waals surface area contributed by atoms with Crippen molar-refractivity contribution in [3.8, 4) is 0 Å². The van der Waals surface area contributed by atoms with Gasteiger partial charge in [-0.2, -0.15) is 0 Å². The van der Waals surface area contributed by atoms with E-state index in [1.165, 1.54) is 6.08 Å². The number of nitrogens with two attached hydrogens (primary N) is 1. The Morgan fingerprint density at radius 3 is 2.35 bits per heavy atom. The first-order valence-electron chi connectivity index (χ1n) is 5.11. The van der Waals surface area contributed by atoms with Crippen molar-refractivity contribution < 1.29 is 28.9 Å². The van der Waals surface area contributed by atoms with Crippen LogP contribution in [0.4, 0.5) is 8.78 Å². The molecule has 0 heterocycles. The van der Waals surface area contributed by atoms with Gasteiger partial charge in [0.2, 0.25) is 0 Å². The van der Waals surface area contributed by atoms with Crippen LogP contribution in [0.25, 0.3) is 0 Å². The standard InChI is InChI=1S/C10H17F2NO4/c1-2-3-4-5-10(11,12)8(15)7(14)6(13)9(16)17/h3-4,6-8,14-15H,2,5,13H2,1H3,(H,16,17)/b4-3+. The Kier molecular flexibility index (Phi) is 6.22. The summed E-state index contributed by atoms with van der Waals surface area (Å²) in [6.45, 7) is 1.75. The highest BCUT2D eigenvalue weighted by Crippen LogP contribution is 2.26. The lowest BCUT2D eigenvalue weighted by Crippen LogP contribution is -2.54. The van der Waals surface area contributed by atoms with E-state index in [1.54, 1.807) is 6.92 Å². The number of aliphatic carboxylic acids is 1. The van der Waals surface area contributed by atoms with Crippen molar-refractivity contribution in [2.24, 2.45) is 5.73 Å². The van der Waals surface area contributed by atoms with Crippen LogP contribution in [0.2, 0.25) is 0 Å². The first-order chi connectivity index (χ1) is 7.74.